The molecular formula is C36H48N4O8S2. The van der Waals surface area contributed by atoms with Crippen LogP contribution in [0.2, 0.25) is 0 Å². The predicted molar refractivity (Wildman–Crippen MR) is 190 cm³/mol. The lowest BCUT2D eigenvalue weighted by molar-refractivity contribution is -0.0312. The minimum atomic E-state index is -3.69. The number of rotatable bonds is 16. The summed E-state index contributed by atoms with van der Waals surface area (Å²) >= 11 is 0. The van der Waals surface area contributed by atoms with E-state index in [0.29, 0.717) is 64.1 Å². The molecule has 1 aliphatic carbocycles. The molecule has 3 fully saturated rings. The highest BCUT2D eigenvalue weighted by Gasteiger charge is 2.54. The van der Waals surface area contributed by atoms with Crippen molar-refractivity contribution < 1.29 is 36.5 Å². The van der Waals surface area contributed by atoms with E-state index in [1.165, 1.54) is 12.1 Å². The van der Waals surface area contributed by atoms with Crippen molar-refractivity contribution in [3.05, 3.63) is 78.4 Å². The predicted octanol–water partition coefficient (Wildman–Crippen LogP) is 2.04. The highest BCUT2D eigenvalue weighted by atomic mass is 32.2. The van der Waals surface area contributed by atoms with Crippen molar-refractivity contribution in [2.45, 2.75) is 70.9 Å². The van der Waals surface area contributed by atoms with Crippen LogP contribution in [0.25, 0.3) is 11.1 Å². The van der Waals surface area contributed by atoms with Gasteiger partial charge in [-0.1, -0.05) is 42.5 Å². The molecule has 0 radical (unpaired) electrons. The summed E-state index contributed by atoms with van der Waals surface area (Å²) in [6.07, 6.45) is 1.88. The summed E-state index contributed by atoms with van der Waals surface area (Å²) in [6.45, 7) is 3.02. The van der Waals surface area contributed by atoms with E-state index in [1.54, 1.807) is 34.6 Å². The van der Waals surface area contributed by atoms with Crippen LogP contribution < -0.4 is 21.1 Å². The Morgan fingerprint density at radius 3 is 2.36 bits per heavy atom. The fraction of sp³-hybridized carbons (Fsp3) is 0.500. The molecule has 3 aromatic rings. The molecule has 1 saturated carbocycles. The highest BCUT2D eigenvalue weighted by Crippen LogP contribution is 2.46. The fourth-order valence-corrected chi connectivity index (χ4v) is 10.1. The van der Waals surface area contributed by atoms with Crippen LogP contribution in [0.3, 0.4) is 0 Å². The van der Waals surface area contributed by atoms with E-state index in [2.05, 4.69) is 10.6 Å². The number of sulfonamides is 1. The molecular weight excluding hydrogens is 681 g/mol. The molecule has 0 unspecified atom stereocenters. The number of ether oxygens (including phenoxy) is 2. The Bertz CT molecular complexity index is 1830. The van der Waals surface area contributed by atoms with Crippen molar-refractivity contribution >= 4 is 19.9 Å². The Labute approximate surface area is 294 Å². The van der Waals surface area contributed by atoms with E-state index < -0.39 is 42.9 Å². The molecule has 2 aliphatic heterocycles. The molecule has 14 heteroatoms. The lowest BCUT2D eigenvalue weighted by atomic mass is 9.88. The fourth-order valence-electron chi connectivity index (χ4n) is 6.78. The first-order valence-corrected chi connectivity index (χ1v) is 20.2. The molecule has 0 bridgehead atoms. The van der Waals surface area contributed by atoms with Crippen molar-refractivity contribution in [2.75, 3.05) is 52.5 Å². The third-order valence-corrected chi connectivity index (χ3v) is 14.6. The molecule has 50 heavy (non-hydrogen) atoms. The summed E-state index contributed by atoms with van der Waals surface area (Å²) in [6, 6.07) is 21.3. The SMILES string of the molecule is NCCNCc1ccc(-c2cccc(S(=O)(=O)N3CCC4(CC3)C[C@@H](NC[C@H](O)COc3cccc(S(=O)(=O)C5(CO)CC5)c3)CO4)c2)cc1. The van der Waals surface area contributed by atoms with Gasteiger partial charge < -0.3 is 36.1 Å². The van der Waals surface area contributed by atoms with Crippen molar-refractivity contribution in [3.8, 4) is 16.9 Å². The maximum atomic E-state index is 13.7. The van der Waals surface area contributed by atoms with Crippen molar-refractivity contribution in [1.29, 1.82) is 0 Å². The van der Waals surface area contributed by atoms with E-state index in [-0.39, 0.29) is 29.0 Å². The van der Waals surface area contributed by atoms with Crippen LogP contribution in [0.5, 0.6) is 5.75 Å². The van der Waals surface area contributed by atoms with Crippen molar-refractivity contribution in [3.63, 3.8) is 0 Å². The molecule has 3 aliphatic rings. The van der Waals surface area contributed by atoms with Gasteiger partial charge in [0.15, 0.2) is 9.84 Å². The van der Waals surface area contributed by atoms with Gasteiger partial charge in [0.05, 0.1) is 33.4 Å². The van der Waals surface area contributed by atoms with Gasteiger partial charge in [0, 0.05) is 45.3 Å². The Morgan fingerprint density at radius 1 is 0.940 bits per heavy atom. The van der Waals surface area contributed by atoms with Crippen molar-refractivity contribution in [1.82, 2.24) is 14.9 Å². The Hall–Kier alpha value is -2.92. The van der Waals surface area contributed by atoms with Crippen LogP contribution in [-0.4, -0.2) is 106 Å². The first-order valence-electron chi connectivity index (χ1n) is 17.2. The summed E-state index contributed by atoms with van der Waals surface area (Å²) in [5.41, 5.74) is 8.04. The minimum Gasteiger partial charge on any atom is -0.491 e. The van der Waals surface area contributed by atoms with Crippen molar-refractivity contribution in [2.24, 2.45) is 5.73 Å². The van der Waals surface area contributed by atoms with Gasteiger partial charge in [-0.2, -0.15) is 4.31 Å². The number of hydrogen-bond acceptors (Lipinski definition) is 11. The van der Waals surface area contributed by atoms with E-state index >= 15 is 0 Å². The number of aliphatic hydroxyl groups is 2. The molecule has 272 valence electrons. The summed E-state index contributed by atoms with van der Waals surface area (Å²) in [5, 5.41) is 26.8. The van der Waals surface area contributed by atoms with Crippen LogP contribution in [-0.2, 0) is 31.1 Å². The maximum absolute atomic E-state index is 13.7. The van der Waals surface area contributed by atoms with Gasteiger partial charge in [0.1, 0.15) is 18.5 Å². The second-order valence-electron chi connectivity index (χ2n) is 13.7. The zero-order valence-electron chi connectivity index (χ0n) is 28.2. The third kappa shape index (κ3) is 8.09. The number of aliphatic hydroxyl groups excluding tert-OH is 2. The number of nitrogens with two attached hydrogens (primary N) is 1. The van der Waals surface area contributed by atoms with E-state index in [0.717, 1.165) is 29.8 Å². The standard InChI is InChI=1S/C36H48N4O8S2/c37-15-16-38-22-27-7-9-28(10-8-27)29-3-1-6-34(19-29)50(45,46)40-17-13-35(14-18-40)21-30(24-48-35)39-23-31(42)25-47-32-4-2-5-33(20-32)49(43,44)36(26-41)11-12-36/h1-10,19-20,30-31,38-39,41-42H,11-18,21-26,37H2/t30-,31+/m1/s1. The number of hydrogen-bond donors (Lipinski definition) is 5. The minimum absolute atomic E-state index is 0.00555. The van der Waals surface area contributed by atoms with E-state index in [4.69, 9.17) is 15.2 Å². The number of nitrogens with one attached hydrogen (secondary N) is 2. The maximum Gasteiger partial charge on any atom is 0.243 e. The highest BCUT2D eigenvalue weighted by molar-refractivity contribution is 7.93. The average molecular weight is 729 g/mol. The average Bonchev–Trinajstić information content (AvgIpc) is 3.86. The van der Waals surface area contributed by atoms with Crippen LogP contribution in [0.4, 0.5) is 0 Å². The van der Waals surface area contributed by atoms with Gasteiger partial charge in [-0.05, 0) is 79.1 Å². The summed E-state index contributed by atoms with van der Waals surface area (Å²) in [4.78, 5) is 0.372. The zero-order valence-corrected chi connectivity index (χ0v) is 29.8. The summed E-state index contributed by atoms with van der Waals surface area (Å²) < 4.78 is 65.6. The normalized spacial score (nSPS) is 20.9. The topological polar surface area (TPSA) is 181 Å². The van der Waals surface area contributed by atoms with E-state index in [9.17, 15) is 27.0 Å². The number of benzene rings is 3. The molecule has 2 atom stereocenters. The van der Waals surface area contributed by atoms with Crippen LogP contribution in [0.15, 0.2) is 82.6 Å². The largest absolute Gasteiger partial charge is 0.491 e. The molecule has 0 amide bonds. The Balaban J connectivity index is 0.965. The number of piperidine rings is 1. The Kier molecular flexibility index (Phi) is 11.3. The second-order valence-corrected chi connectivity index (χ2v) is 18.0. The van der Waals surface area contributed by atoms with Crippen LogP contribution >= 0.6 is 0 Å². The van der Waals surface area contributed by atoms with Crippen LogP contribution in [0.1, 0.15) is 37.7 Å². The van der Waals surface area contributed by atoms with Gasteiger partial charge in [0.25, 0.3) is 0 Å². The second kappa shape index (κ2) is 15.4. The summed E-state index contributed by atoms with van der Waals surface area (Å²) in [7, 11) is -7.37. The molecule has 2 heterocycles. The molecule has 0 aromatic heterocycles. The van der Waals surface area contributed by atoms with Gasteiger partial charge in [-0.25, -0.2) is 16.8 Å². The van der Waals surface area contributed by atoms with Gasteiger partial charge in [-0.3, -0.25) is 0 Å². The lowest BCUT2D eigenvalue weighted by Gasteiger charge is -2.38. The molecule has 12 nitrogen and oxygen atoms in total. The smallest absolute Gasteiger partial charge is 0.243 e. The first kappa shape index (κ1) is 36.9. The quantitative estimate of drug-likeness (QED) is 0.136. The van der Waals surface area contributed by atoms with Gasteiger partial charge in [-0.15, -0.1) is 0 Å². The Morgan fingerprint density at radius 2 is 1.66 bits per heavy atom. The molecule has 2 saturated heterocycles. The van der Waals surface area contributed by atoms with Gasteiger partial charge >= 0.3 is 0 Å². The number of sulfone groups is 1. The van der Waals surface area contributed by atoms with E-state index in [1.807, 2.05) is 30.3 Å². The molecule has 6 rings (SSSR count). The number of nitrogens with zero attached hydrogens (tertiary/aromatic N) is 1. The third-order valence-electron chi connectivity index (χ3n) is 10.1. The van der Waals surface area contributed by atoms with Crippen LogP contribution in [0, 0.1) is 0 Å². The first-order chi connectivity index (χ1) is 24.0. The monoisotopic (exact) mass is 728 g/mol. The lowest BCUT2D eigenvalue weighted by Crippen LogP contribution is -2.47. The zero-order chi connectivity index (χ0) is 35.4. The molecule has 1 spiro atoms. The summed E-state index contributed by atoms with van der Waals surface area (Å²) in [5.74, 6) is 0.330. The van der Waals surface area contributed by atoms with Gasteiger partial charge in [0.2, 0.25) is 10.0 Å². The molecule has 3 aromatic carbocycles. The molecule has 6 N–H and O–H groups in total.